The Morgan fingerprint density at radius 2 is 1.84 bits per heavy atom. The van der Waals surface area contributed by atoms with Crippen molar-refractivity contribution in [2.24, 2.45) is 0 Å². The Morgan fingerprint density at radius 3 is 2.48 bits per heavy atom. The number of halogens is 1. The lowest BCUT2D eigenvalue weighted by atomic mass is 9.95. The molecule has 0 amide bonds. The van der Waals surface area contributed by atoms with Gasteiger partial charge in [0.25, 0.3) is 5.56 Å². The van der Waals surface area contributed by atoms with E-state index in [9.17, 15) is 9.59 Å². The smallest absolute Gasteiger partial charge is 0.325 e. The summed E-state index contributed by atoms with van der Waals surface area (Å²) < 4.78 is 4.76. The SMILES string of the molecule is CCn1cnc2c1c(=O)n(CCNC1CCCCC1)c(=O)n2CC.Cl. The Hall–Kier alpha value is -1.60. The van der Waals surface area contributed by atoms with E-state index in [0.29, 0.717) is 43.4 Å². The summed E-state index contributed by atoms with van der Waals surface area (Å²) in [5.41, 5.74) is 0.522. The molecule has 0 saturated heterocycles. The summed E-state index contributed by atoms with van der Waals surface area (Å²) in [6.45, 7) is 6.09. The number of aryl methyl sites for hydroxylation is 2. The molecule has 0 unspecified atom stereocenters. The van der Waals surface area contributed by atoms with E-state index in [2.05, 4.69) is 10.3 Å². The van der Waals surface area contributed by atoms with E-state index >= 15 is 0 Å². The average Bonchev–Trinajstić information content (AvgIpc) is 3.03. The fourth-order valence-corrected chi connectivity index (χ4v) is 3.65. The van der Waals surface area contributed by atoms with E-state index in [0.717, 1.165) is 0 Å². The van der Waals surface area contributed by atoms with Crippen molar-refractivity contribution >= 4 is 23.6 Å². The molecule has 2 heterocycles. The molecule has 0 bridgehead atoms. The quantitative estimate of drug-likeness (QED) is 0.841. The van der Waals surface area contributed by atoms with Crippen LogP contribution in [0.25, 0.3) is 11.2 Å². The summed E-state index contributed by atoms with van der Waals surface area (Å²) in [5.74, 6) is 0. The Morgan fingerprint density at radius 1 is 1.12 bits per heavy atom. The van der Waals surface area contributed by atoms with E-state index < -0.39 is 0 Å². The first-order chi connectivity index (χ1) is 11.7. The predicted octanol–water partition coefficient (Wildman–Crippen LogP) is 1.74. The van der Waals surface area contributed by atoms with Gasteiger partial charge in [-0.2, -0.15) is 0 Å². The van der Waals surface area contributed by atoms with Gasteiger partial charge in [-0.15, -0.1) is 12.4 Å². The minimum atomic E-state index is -0.262. The Balaban J connectivity index is 0.00000225. The van der Waals surface area contributed by atoms with E-state index in [1.165, 1.54) is 36.7 Å². The van der Waals surface area contributed by atoms with Crippen molar-refractivity contribution in [2.45, 2.75) is 71.6 Å². The van der Waals surface area contributed by atoms with Gasteiger partial charge in [-0.25, -0.2) is 9.78 Å². The molecule has 2 aromatic rings. The molecule has 0 atom stereocenters. The van der Waals surface area contributed by atoms with Crippen molar-refractivity contribution in [1.29, 1.82) is 0 Å². The minimum Gasteiger partial charge on any atom is -0.325 e. The standard InChI is InChI=1S/C17H27N5O2.ClH/c1-3-20-12-19-15-14(20)16(23)22(17(24)21(15)4-2)11-10-18-13-8-6-5-7-9-13;/h12-13,18H,3-11H2,1-2H3;1H. The predicted molar refractivity (Wildman–Crippen MR) is 102 cm³/mol. The van der Waals surface area contributed by atoms with Gasteiger partial charge in [0.1, 0.15) is 0 Å². The highest BCUT2D eigenvalue weighted by molar-refractivity contribution is 5.85. The molecule has 2 aromatic heterocycles. The molecule has 0 spiro atoms. The largest absolute Gasteiger partial charge is 0.332 e. The molecule has 1 saturated carbocycles. The molecule has 3 rings (SSSR count). The molecule has 25 heavy (non-hydrogen) atoms. The molecular weight excluding hydrogens is 342 g/mol. The van der Waals surface area contributed by atoms with Crippen LogP contribution in [-0.4, -0.2) is 31.3 Å². The highest BCUT2D eigenvalue weighted by atomic mass is 35.5. The monoisotopic (exact) mass is 369 g/mol. The number of aromatic nitrogens is 4. The fraction of sp³-hybridized carbons (Fsp3) is 0.706. The molecule has 1 N–H and O–H groups in total. The van der Waals surface area contributed by atoms with Crippen LogP contribution < -0.4 is 16.6 Å². The van der Waals surface area contributed by atoms with Gasteiger partial charge in [-0.3, -0.25) is 13.9 Å². The van der Waals surface area contributed by atoms with Crippen molar-refractivity contribution < 1.29 is 0 Å². The van der Waals surface area contributed by atoms with Crippen LogP contribution in [0.2, 0.25) is 0 Å². The van der Waals surface area contributed by atoms with Crippen LogP contribution in [0.1, 0.15) is 46.0 Å². The van der Waals surface area contributed by atoms with Crippen LogP contribution in [0.4, 0.5) is 0 Å². The summed E-state index contributed by atoms with van der Waals surface area (Å²) in [5, 5.41) is 3.50. The second-order valence-electron chi connectivity index (χ2n) is 6.48. The zero-order chi connectivity index (χ0) is 17.1. The van der Waals surface area contributed by atoms with Crippen LogP contribution in [0.3, 0.4) is 0 Å². The molecular formula is C17H28ClN5O2. The third-order valence-corrected chi connectivity index (χ3v) is 5.01. The van der Waals surface area contributed by atoms with Crippen molar-refractivity contribution in [3.05, 3.63) is 27.2 Å². The lowest BCUT2D eigenvalue weighted by molar-refractivity contribution is 0.365. The summed E-state index contributed by atoms with van der Waals surface area (Å²) in [6.07, 6.45) is 7.87. The number of nitrogens with zero attached hydrogens (tertiary/aromatic N) is 4. The van der Waals surface area contributed by atoms with E-state index in [-0.39, 0.29) is 23.7 Å². The van der Waals surface area contributed by atoms with E-state index in [1.54, 1.807) is 10.9 Å². The number of imidazole rings is 1. The minimum absolute atomic E-state index is 0. The zero-order valence-corrected chi connectivity index (χ0v) is 15.8. The van der Waals surface area contributed by atoms with Gasteiger partial charge in [0.15, 0.2) is 11.2 Å². The number of hydrogen-bond acceptors (Lipinski definition) is 4. The summed E-state index contributed by atoms with van der Waals surface area (Å²) >= 11 is 0. The maximum Gasteiger partial charge on any atom is 0.332 e. The van der Waals surface area contributed by atoms with Gasteiger partial charge in [-0.1, -0.05) is 19.3 Å². The second-order valence-corrected chi connectivity index (χ2v) is 6.48. The van der Waals surface area contributed by atoms with Crippen LogP contribution in [-0.2, 0) is 19.6 Å². The number of rotatable bonds is 6. The van der Waals surface area contributed by atoms with Gasteiger partial charge < -0.3 is 9.88 Å². The number of hydrogen-bond donors (Lipinski definition) is 1. The first-order valence-corrected chi connectivity index (χ1v) is 9.09. The molecule has 0 radical (unpaired) electrons. The zero-order valence-electron chi connectivity index (χ0n) is 15.0. The first-order valence-electron chi connectivity index (χ1n) is 9.09. The molecule has 1 fully saturated rings. The molecule has 1 aliphatic carbocycles. The van der Waals surface area contributed by atoms with Crippen molar-refractivity contribution in [2.75, 3.05) is 6.54 Å². The molecule has 7 nitrogen and oxygen atoms in total. The lowest BCUT2D eigenvalue weighted by Gasteiger charge is -2.23. The average molecular weight is 370 g/mol. The van der Waals surface area contributed by atoms with Gasteiger partial charge in [-0.05, 0) is 26.7 Å². The molecule has 8 heteroatoms. The maximum absolute atomic E-state index is 12.8. The number of fused-ring (bicyclic) bond motifs is 1. The molecule has 0 aromatic carbocycles. The summed E-state index contributed by atoms with van der Waals surface area (Å²) in [4.78, 5) is 29.7. The number of nitrogens with one attached hydrogen (secondary N) is 1. The highest BCUT2D eigenvalue weighted by Crippen LogP contribution is 2.17. The van der Waals surface area contributed by atoms with Crippen LogP contribution in [0, 0.1) is 0 Å². The van der Waals surface area contributed by atoms with Gasteiger partial charge in [0.05, 0.1) is 6.33 Å². The van der Waals surface area contributed by atoms with Gasteiger partial charge in [0, 0.05) is 32.2 Å². The topological polar surface area (TPSA) is 73.8 Å². The van der Waals surface area contributed by atoms with Crippen LogP contribution >= 0.6 is 12.4 Å². The molecule has 1 aliphatic rings. The highest BCUT2D eigenvalue weighted by Gasteiger charge is 2.17. The fourth-order valence-electron chi connectivity index (χ4n) is 3.65. The maximum atomic E-state index is 12.8. The van der Waals surface area contributed by atoms with Crippen LogP contribution in [0.15, 0.2) is 15.9 Å². The Bertz CT molecular complexity index is 817. The van der Waals surface area contributed by atoms with Crippen molar-refractivity contribution in [3.63, 3.8) is 0 Å². The van der Waals surface area contributed by atoms with E-state index in [4.69, 9.17) is 0 Å². The molecule has 0 aliphatic heterocycles. The second kappa shape index (κ2) is 8.67. The van der Waals surface area contributed by atoms with Gasteiger partial charge in [0.2, 0.25) is 0 Å². The first kappa shape index (κ1) is 19.7. The molecule has 140 valence electrons. The normalized spacial score (nSPS) is 15.4. The third kappa shape index (κ3) is 3.82. The van der Waals surface area contributed by atoms with Gasteiger partial charge >= 0.3 is 5.69 Å². The lowest BCUT2D eigenvalue weighted by Crippen LogP contribution is -2.43. The van der Waals surface area contributed by atoms with E-state index in [1.807, 2.05) is 18.4 Å². The van der Waals surface area contributed by atoms with Crippen molar-refractivity contribution in [1.82, 2.24) is 24.0 Å². The Labute approximate surface area is 153 Å². The van der Waals surface area contributed by atoms with Crippen molar-refractivity contribution in [3.8, 4) is 0 Å². The van der Waals surface area contributed by atoms with Crippen LogP contribution in [0.5, 0.6) is 0 Å². The summed E-state index contributed by atoms with van der Waals surface area (Å²) in [6, 6.07) is 0.521. The summed E-state index contributed by atoms with van der Waals surface area (Å²) in [7, 11) is 0. The third-order valence-electron chi connectivity index (χ3n) is 5.01. The Kier molecular flexibility index (Phi) is 6.84.